The van der Waals surface area contributed by atoms with Gasteiger partial charge in [0, 0.05) is 16.2 Å². The number of benzene rings is 1. The summed E-state index contributed by atoms with van der Waals surface area (Å²) in [5.74, 6) is 1.38. The van der Waals surface area contributed by atoms with Gasteiger partial charge in [0.2, 0.25) is 0 Å². The van der Waals surface area contributed by atoms with Crippen LogP contribution in [0.1, 0.15) is 0 Å². The number of pyridine rings is 1. The lowest BCUT2D eigenvalue weighted by Gasteiger charge is -2.11. The fourth-order valence-electron chi connectivity index (χ4n) is 1.57. The molecule has 0 aliphatic rings. The Labute approximate surface area is 109 Å². The number of nitrogens with zero attached hydrogens (tertiary/aromatic N) is 1. The van der Waals surface area contributed by atoms with E-state index in [1.54, 1.807) is 20.4 Å². The van der Waals surface area contributed by atoms with Gasteiger partial charge in [-0.05, 0) is 40.2 Å². The summed E-state index contributed by atoms with van der Waals surface area (Å²) in [5, 5.41) is 0. The summed E-state index contributed by atoms with van der Waals surface area (Å²) in [7, 11) is 3.23. The highest BCUT2D eigenvalue weighted by Gasteiger charge is 2.11. The maximum Gasteiger partial charge on any atom is 0.161 e. The Kier molecular flexibility index (Phi) is 3.64. The van der Waals surface area contributed by atoms with Gasteiger partial charge in [-0.25, -0.2) is 0 Å². The SMILES string of the molecule is COc1cc(Br)c(-c2ccccn2)cc1OC. The van der Waals surface area contributed by atoms with Gasteiger partial charge < -0.3 is 9.47 Å². The van der Waals surface area contributed by atoms with Crippen molar-refractivity contribution in [3.05, 3.63) is 41.0 Å². The lowest BCUT2D eigenvalue weighted by Crippen LogP contribution is -1.92. The summed E-state index contributed by atoms with van der Waals surface area (Å²) >= 11 is 3.51. The highest BCUT2D eigenvalue weighted by molar-refractivity contribution is 9.10. The van der Waals surface area contributed by atoms with Crippen LogP contribution in [0.15, 0.2) is 41.0 Å². The monoisotopic (exact) mass is 293 g/mol. The zero-order valence-electron chi connectivity index (χ0n) is 9.61. The molecule has 88 valence electrons. The third-order valence-corrected chi connectivity index (χ3v) is 3.07. The van der Waals surface area contributed by atoms with E-state index in [0.717, 1.165) is 15.7 Å². The fraction of sp³-hybridized carbons (Fsp3) is 0.154. The topological polar surface area (TPSA) is 31.4 Å². The fourth-order valence-corrected chi connectivity index (χ4v) is 2.10. The van der Waals surface area contributed by atoms with E-state index in [1.165, 1.54) is 0 Å². The maximum absolute atomic E-state index is 5.28. The van der Waals surface area contributed by atoms with Crippen LogP contribution in [0.5, 0.6) is 11.5 Å². The van der Waals surface area contributed by atoms with Gasteiger partial charge in [0.1, 0.15) is 0 Å². The van der Waals surface area contributed by atoms with Crippen LogP contribution in [0.3, 0.4) is 0 Å². The van der Waals surface area contributed by atoms with E-state index < -0.39 is 0 Å². The van der Waals surface area contributed by atoms with Gasteiger partial charge in [-0.1, -0.05) is 6.07 Å². The molecule has 0 radical (unpaired) electrons. The molecule has 0 bridgehead atoms. The van der Waals surface area contributed by atoms with Crippen LogP contribution in [0.4, 0.5) is 0 Å². The van der Waals surface area contributed by atoms with Gasteiger partial charge >= 0.3 is 0 Å². The van der Waals surface area contributed by atoms with E-state index >= 15 is 0 Å². The Bertz CT molecular complexity index is 514. The number of halogens is 1. The van der Waals surface area contributed by atoms with Crippen LogP contribution in [0.2, 0.25) is 0 Å². The zero-order valence-corrected chi connectivity index (χ0v) is 11.2. The summed E-state index contributed by atoms with van der Waals surface area (Å²) < 4.78 is 11.4. The van der Waals surface area contributed by atoms with Crippen LogP contribution in [-0.2, 0) is 0 Å². The smallest absolute Gasteiger partial charge is 0.161 e. The number of rotatable bonds is 3. The number of hydrogen-bond acceptors (Lipinski definition) is 3. The van der Waals surface area contributed by atoms with Gasteiger partial charge in [0.25, 0.3) is 0 Å². The minimum atomic E-state index is 0.691. The lowest BCUT2D eigenvalue weighted by molar-refractivity contribution is 0.355. The molecule has 0 atom stereocenters. The number of ether oxygens (including phenoxy) is 2. The van der Waals surface area contributed by atoms with Crippen molar-refractivity contribution in [2.45, 2.75) is 0 Å². The van der Waals surface area contributed by atoms with E-state index in [9.17, 15) is 0 Å². The van der Waals surface area contributed by atoms with Gasteiger partial charge in [-0.3, -0.25) is 4.98 Å². The van der Waals surface area contributed by atoms with Crippen molar-refractivity contribution in [3.63, 3.8) is 0 Å². The second-order valence-electron chi connectivity index (χ2n) is 3.40. The highest BCUT2D eigenvalue weighted by Crippen LogP contribution is 2.37. The molecular weight excluding hydrogens is 282 g/mol. The average Bonchev–Trinajstić information content (AvgIpc) is 2.39. The van der Waals surface area contributed by atoms with Crippen LogP contribution in [0.25, 0.3) is 11.3 Å². The molecule has 0 aliphatic carbocycles. The van der Waals surface area contributed by atoms with Crippen molar-refractivity contribution in [3.8, 4) is 22.8 Å². The Balaban J connectivity index is 2.56. The molecule has 0 fully saturated rings. The highest BCUT2D eigenvalue weighted by atomic mass is 79.9. The average molecular weight is 294 g/mol. The number of methoxy groups -OCH3 is 2. The molecule has 2 rings (SSSR count). The van der Waals surface area contributed by atoms with Gasteiger partial charge in [0.05, 0.1) is 19.9 Å². The molecule has 0 saturated heterocycles. The summed E-state index contributed by atoms with van der Waals surface area (Å²) in [6, 6.07) is 9.57. The molecule has 1 heterocycles. The molecule has 0 unspecified atom stereocenters. The van der Waals surface area contributed by atoms with Gasteiger partial charge in [-0.15, -0.1) is 0 Å². The minimum absolute atomic E-state index is 0.691. The third kappa shape index (κ3) is 2.42. The van der Waals surface area contributed by atoms with Crippen molar-refractivity contribution >= 4 is 15.9 Å². The van der Waals surface area contributed by atoms with Crippen molar-refractivity contribution in [1.29, 1.82) is 0 Å². The molecule has 17 heavy (non-hydrogen) atoms. The summed E-state index contributed by atoms with van der Waals surface area (Å²) in [4.78, 5) is 4.31. The van der Waals surface area contributed by atoms with E-state index in [4.69, 9.17) is 9.47 Å². The maximum atomic E-state index is 5.28. The Morgan fingerprint density at radius 2 is 1.76 bits per heavy atom. The first-order chi connectivity index (χ1) is 8.26. The lowest BCUT2D eigenvalue weighted by atomic mass is 10.1. The second-order valence-corrected chi connectivity index (χ2v) is 4.26. The zero-order chi connectivity index (χ0) is 12.3. The molecule has 2 aromatic rings. The molecule has 0 spiro atoms. The van der Waals surface area contributed by atoms with Crippen LogP contribution < -0.4 is 9.47 Å². The van der Waals surface area contributed by atoms with Crippen LogP contribution >= 0.6 is 15.9 Å². The van der Waals surface area contributed by atoms with Crippen LogP contribution in [-0.4, -0.2) is 19.2 Å². The van der Waals surface area contributed by atoms with Crippen LogP contribution in [0, 0.1) is 0 Å². The van der Waals surface area contributed by atoms with E-state index in [2.05, 4.69) is 20.9 Å². The van der Waals surface area contributed by atoms with Gasteiger partial charge in [0.15, 0.2) is 11.5 Å². The minimum Gasteiger partial charge on any atom is -0.493 e. The van der Waals surface area contributed by atoms with Gasteiger partial charge in [-0.2, -0.15) is 0 Å². The number of hydrogen-bond donors (Lipinski definition) is 0. The molecule has 0 N–H and O–H groups in total. The molecule has 0 amide bonds. The molecule has 0 saturated carbocycles. The largest absolute Gasteiger partial charge is 0.493 e. The first kappa shape index (κ1) is 11.9. The second kappa shape index (κ2) is 5.19. The molecular formula is C13H12BrNO2. The standard InChI is InChI=1S/C13H12BrNO2/c1-16-12-7-9(10(14)8-13(12)17-2)11-5-3-4-6-15-11/h3-8H,1-2H3. The Morgan fingerprint density at radius 1 is 1.06 bits per heavy atom. The van der Waals surface area contributed by atoms with Crippen molar-refractivity contribution < 1.29 is 9.47 Å². The molecule has 1 aromatic carbocycles. The molecule has 3 nitrogen and oxygen atoms in total. The predicted molar refractivity (Wildman–Crippen MR) is 70.5 cm³/mol. The summed E-state index contributed by atoms with van der Waals surface area (Å²) in [6.07, 6.45) is 1.76. The number of aromatic nitrogens is 1. The van der Waals surface area contributed by atoms with E-state index in [-0.39, 0.29) is 0 Å². The summed E-state index contributed by atoms with van der Waals surface area (Å²) in [6.45, 7) is 0. The normalized spacial score (nSPS) is 10.1. The van der Waals surface area contributed by atoms with Crippen molar-refractivity contribution in [2.24, 2.45) is 0 Å². The quantitative estimate of drug-likeness (QED) is 0.868. The first-order valence-electron chi connectivity index (χ1n) is 5.09. The molecule has 1 aromatic heterocycles. The Hall–Kier alpha value is -1.55. The van der Waals surface area contributed by atoms with E-state index in [1.807, 2.05) is 30.3 Å². The first-order valence-corrected chi connectivity index (χ1v) is 5.88. The Morgan fingerprint density at radius 3 is 2.35 bits per heavy atom. The third-order valence-electron chi connectivity index (χ3n) is 2.41. The molecule has 0 aliphatic heterocycles. The van der Waals surface area contributed by atoms with Crippen molar-refractivity contribution in [1.82, 2.24) is 4.98 Å². The van der Waals surface area contributed by atoms with E-state index in [0.29, 0.717) is 11.5 Å². The van der Waals surface area contributed by atoms with Crippen molar-refractivity contribution in [2.75, 3.05) is 14.2 Å². The molecule has 4 heteroatoms. The predicted octanol–water partition coefficient (Wildman–Crippen LogP) is 3.53. The summed E-state index contributed by atoms with van der Waals surface area (Å²) in [5.41, 5.74) is 1.86.